The summed E-state index contributed by atoms with van der Waals surface area (Å²) >= 11 is 1.85. The molecule has 4 aliphatic rings. The lowest BCUT2D eigenvalue weighted by molar-refractivity contribution is -0.0381. The number of hydrogen-bond acceptors (Lipinski definition) is 4. The van der Waals surface area contributed by atoms with Crippen molar-refractivity contribution in [2.75, 3.05) is 5.75 Å². The molecule has 8 rings (SSSR count). The van der Waals surface area contributed by atoms with Crippen molar-refractivity contribution in [3.8, 4) is 5.69 Å². The van der Waals surface area contributed by atoms with Crippen LogP contribution in [0.5, 0.6) is 0 Å². The normalized spacial score (nSPS) is 28.2. The van der Waals surface area contributed by atoms with Crippen LogP contribution in [0.2, 0.25) is 0 Å². The van der Waals surface area contributed by atoms with Gasteiger partial charge in [0.25, 0.3) is 5.56 Å². The Balaban J connectivity index is 1.36. The fraction of sp³-hybridized carbons (Fsp3) is 0.444. The molecular formula is C27H28N4OS. The van der Waals surface area contributed by atoms with E-state index < -0.39 is 0 Å². The first-order valence-corrected chi connectivity index (χ1v) is 13.2. The minimum Gasteiger partial charge on any atom is -0.268 e. The van der Waals surface area contributed by atoms with Crippen LogP contribution in [0.3, 0.4) is 0 Å². The number of benzene rings is 2. The van der Waals surface area contributed by atoms with Crippen molar-refractivity contribution in [2.24, 2.45) is 23.2 Å². The smallest absolute Gasteiger partial charge is 0.267 e. The number of aryl methyl sites for hydroxylation is 1. The number of thioether (sulfide) groups is 1. The second kappa shape index (κ2) is 7.20. The largest absolute Gasteiger partial charge is 0.268 e. The topological polar surface area (TPSA) is 52.2 Å². The molecule has 4 aliphatic carbocycles. The predicted molar refractivity (Wildman–Crippen MR) is 132 cm³/mol. The first-order chi connectivity index (χ1) is 16.1. The van der Waals surface area contributed by atoms with E-state index in [0.717, 1.165) is 45.4 Å². The van der Waals surface area contributed by atoms with Gasteiger partial charge in [0.15, 0.2) is 5.16 Å². The third kappa shape index (κ3) is 3.03. The maximum Gasteiger partial charge on any atom is 0.267 e. The van der Waals surface area contributed by atoms with E-state index in [1.54, 1.807) is 4.57 Å². The third-order valence-electron chi connectivity index (χ3n) is 8.42. The summed E-state index contributed by atoms with van der Waals surface area (Å²) in [6, 6.07) is 15.9. The van der Waals surface area contributed by atoms with Crippen LogP contribution in [-0.2, 0) is 0 Å². The molecular weight excluding hydrogens is 428 g/mol. The number of aromatic nitrogens is 4. The fourth-order valence-electron chi connectivity index (χ4n) is 7.49. The quantitative estimate of drug-likeness (QED) is 0.372. The molecule has 0 saturated heterocycles. The van der Waals surface area contributed by atoms with Crippen LogP contribution in [0, 0.1) is 30.1 Å². The molecule has 2 heterocycles. The molecule has 0 atom stereocenters. The van der Waals surface area contributed by atoms with Gasteiger partial charge >= 0.3 is 0 Å². The Morgan fingerprint density at radius 3 is 2.33 bits per heavy atom. The SMILES string of the molecule is Cc1ccccc1-n1c(=O)c2ccccc2n2c(SCC34CC5CC(CC(C5)C3)C4)nnc12. The Labute approximate surface area is 197 Å². The molecule has 0 N–H and O–H groups in total. The highest BCUT2D eigenvalue weighted by molar-refractivity contribution is 7.99. The Bertz CT molecular complexity index is 1420. The molecule has 5 nitrogen and oxygen atoms in total. The zero-order chi connectivity index (χ0) is 22.2. The van der Waals surface area contributed by atoms with Crippen molar-refractivity contribution in [1.82, 2.24) is 19.2 Å². The Hall–Kier alpha value is -2.60. The summed E-state index contributed by atoms with van der Waals surface area (Å²) in [6.45, 7) is 2.03. The molecule has 4 bridgehead atoms. The van der Waals surface area contributed by atoms with Crippen molar-refractivity contribution in [3.63, 3.8) is 0 Å². The summed E-state index contributed by atoms with van der Waals surface area (Å²) in [5, 5.41) is 10.8. The van der Waals surface area contributed by atoms with Crippen LogP contribution in [0.15, 0.2) is 58.5 Å². The highest BCUT2D eigenvalue weighted by Crippen LogP contribution is 2.61. The van der Waals surface area contributed by atoms with E-state index in [9.17, 15) is 4.79 Å². The monoisotopic (exact) mass is 456 g/mol. The third-order valence-corrected chi connectivity index (χ3v) is 9.70. The average molecular weight is 457 g/mol. The van der Waals surface area contributed by atoms with E-state index in [0.29, 0.717) is 16.6 Å². The van der Waals surface area contributed by atoms with Gasteiger partial charge < -0.3 is 0 Å². The van der Waals surface area contributed by atoms with Crippen LogP contribution in [-0.4, -0.2) is 24.9 Å². The van der Waals surface area contributed by atoms with Gasteiger partial charge in [0.2, 0.25) is 5.78 Å². The van der Waals surface area contributed by atoms with Gasteiger partial charge in [-0.05, 0) is 92.4 Å². The van der Waals surface area contributed by atoms with Crippen LogP contribution in [0.25, 0.3) is 22.4 Å². The molecule has 4 fully saturated rings. The van der Waals surface area contributed by atoms with Crippen LogP contribution in [0.4, 0.5) is 0 Å². The number of hydrogen-bond donors (Lipinski definition) is 0. The van der Waals surface area contributed by atoms with Crippen molar-refractivity contribution < 1.29 is 0 Å². The summed E-state index contributed by atoms with van der Waals surface area (Å²) in [5.41, 5.74) is 3.22. The van der Waals surface area contributed by atoms with Crippen LogP contribution in [0.1, 0.15) is 44.1 Å². The second-order valence-electron chi connectivity index (χ2n) is 10.8. The van der Waals surface area contributed by atoms with Gasteiger partial charge in [-0.15, -0.1) is 10.2 Å². The van der Waals surface area contributed by atoms with Gasteiger partial charge in [0, 0.05) is 5.75 Å². The average Bonchev–Trinajstić information content (AvgIpc) is 3.22. The molecule has 0 amide bonds. The number of nitrogens with zero attached hydrogens (tertiary/aromatic N) is 4. The number of fused-ring (bicyclic) bond motifs is 3. The van der Waals surface area contributed by atoms with E-state index in [2.05, 4.69) is 14.6 Å². The van der Waals surface area contributed by atoms with E-state index in [4.69, 9.17) is 0 Å². The van der Waals surface area contributed by atoms with Crippen molar-refractivity contribution >= 4 is 28.4 Å². The zero-order valence-electron chi connectivity index (χ0n) is 18.9. The summed E-state index contributed by atoms with van der Waals surface area (Å²) in [7, 11) is 0. The highest BCUT2D eigenvalue weighted by atomic mass is 32.2. The molecule has 0 unspecified atom stereocenters. The maximum absolute atomic E-state index is 13.6. The van der Waals surface area contributed by atoms with E-state index >= 15 is 0 Å². The first-order valence-electron chi connectivity index (χ1n) is 12.2. The second-order valence-corrected chi connectivity index (χ2v) is 11.7. The lowest BCUT2D eigenvalue weighted by atomic mass is 9.50. The summed E-state index contributed by atoms with van der Waals surface area (Å²) in [4.78, 5) is 13.6. The van der Waals surface area contributed by atoms with Crippen molar-refractivity contribution in [3.05, 3.63) is 64.4 Å². The zero-order valence-corrected chi connectivity index (χ0v) is 19.7. The molecule has 2 aromatic heterocycles. The lowest BCUT2D eigenvalue weighted by Gasteiger charge is -2.56. The summed E-state index contributed by atoms with van der Waals surface area (Å²) < 4.78 is 3.84. The van der Waals surface area contributed by atoms with Gasteiger partial charge in [-0.25, -0.2) is 4.57 Å². The van der Waals surface area contributed by atoms with Crippen LogP contribution < -0.4 is 5.56 Å². The van der Waals surface area contributed by atoms with Gasteiger partial charge in [0.1, 0.15) is 0 Å². The Kier molecular flexibility index (Phi) is 4.33. The standard InChI is InChI=1S/C27H28N4OS/c1-17-6-2-4-8-22(17)30-24(32)21-7-3-5-9-23(21)31-25(30)28-29-26(31)33-16-27-13-18-10-19(14-27)12-20(11-18)15-27/h2-9,18-20H,10-16H2,1H3. The Morgan fingerprint density at radius 2 is 1.61 bits per heavy atom. The van der Waals surface area contributed by atoms with Gasteiger partial charge in [-0.2, -0.15) is 0 Å². The van der Waals surface area contributed by atoms with Gasteiger partial charge in [-0.1, -0.05) is 42.1 Å². The minimum atomic E-state index is -0.0440. The van der Waals surface area contributed by atoms with Gasteiger partial charge in [-0.3, -0.25) is 9.20 Å². The molecule has 0 radical (unpaired) electrons. The van der Waals surface area contributed by atoms with E-state index in [1.165, 1.54) is 38.5 Å². The minimum absolute atomic E-state index is 0.0440. The molecule has 4 aromatic rings. The maximum atomic E-state index is 13.6. The highest BCUT2D eigenvalue weighted by Gasteiger charge is 2.50. The first kappa shape index (κ1) is 19.8. The van der Waals surface area contributed by atoms with Crippen LogP contribution >= 0.6 is 11.8 Å². The van der Waals surface area contributed by atoms with Crippen molar-refractivity contribution in [2.45, 2.75) is 50.6 Å². The number of para-hydroxylation sites is 2. The summed E-state index contributed by atoms with van der Waals surface area (Å²) in [6.07, 6.45) is 8.55. The predicted octanol–water partition coefficient (Wildman–Crippen LogP) is 5.65. The molecule has 2 aromatic carbocycles. The van der Waals surface area contributed by atoms with Crippen molar-refractivity contribution in [1.29, 1.82) is 0 Å². The molecule has 33 heavy (non-hydrogen) atoms. The molecule has 6 heteroatoms. The molecule has 4 saturated carbocycles. The number of rotatable bonds is 4. The fourth-order valence-corrected chi connectivity index (χ4v) is 8.68. The molecule has 168 valence electrons. The molecule has 0 aliphatic heterocycles. The summed E-state index contributed by atoms with van der Waals surface area (Å²) in [5.74, 6) is 4.54. The van der Waals surface area contributed by atoms with Gasteiger partial charge in [0.05, 0.1) is 16.6 Å². The van der Waals surface area contributed by atoms with E-state index in [-0.39, 0.29) is 5.56 Å². The lowest BCUT2D eigenvalue weighted by Crippen LogP contribution is -2.47. The van der Waals surface area contributed by atoms with E-state index in [1.807, 2.05) is 67.2 Å². The molecule has 0 spiro atoms. The Morgan fingerprint density at radius 1 is 0.939 bits per heavy atom.